The molecule has 0 aromatic heterocycles. The van der Waals surface area contributed by atoms with Crippen molar-refractivity contribution in [3.8, 4) is 0 Å². The van der Waals surface area contributed by atoms with Crippen molar-refractivity contribution in [3.05, 3.63) is 29.8 Å². The maximum Gasteiger partial charge on any atom is 0.209 e. The van der Waals surface area contributed by atoms with Crippen LogP contribution in [0.5, 0.6) is 0 Å². The molecule has 6 nitrogen and oxygen atoms in total. The first-order valence-electron chi connectivity index (χ1n) is 6.43. The molecule has 7 heteroatoms. The number of hydrogen-bond acceptors (Lipinski definition) is 5. The summed E-state index contributed by atoms with van der Waals surface area (Å²) < 4.78 is 24.4. The fourth-order valence-electron chi connectivity index (χ4n) is 1.44. The van der Waals surface area contributed by atoms with E-state index in [1.54, 1.807) is 6.21 Å². The van der Waals surface area contributed by atoms with Gasteiger partial charge in [0.25, 0.3) is 0 Å². The van der Waals surface area contributed by atoms with Gasteiger partial charge < -0.3 is 5.11 Å². The molecule has 1 aromatic rings. The molecule has 0 heterocycles. The van der Waals surface area contributed by atoms with E-state index in [4.69, 9.17) is 5.11 Å². The molecule has 20 heavy (non-hydrogen) atoms. The standard InChI is InChI=1S/C13H21N3O3S/c1-20(18,19)15-11-12-5-7-13(8-6-12)16-14-9-3-2-4-10-17/h5-9,15-17H,2-4,10-11H2,1H3/b14-9-. The lowest BCUT2D eigenvalue weighted by Crippen LogP contribution is -2.21. The van der Waals surface area contributed by atoms with Gasteiger partial charge in [0.05, 0.1) is 11.9 Å². The molecule has 3 N–H and O–H groups in total. The second kappa shape index (κ2) is 8.68. The summed E-state index contributed by atoms with van der Waals surface area (Å²) in [5, 5.41) is 12.7. The van der Waals surface area contributed by atoms with Crippen molar-refractivity contribution < 1.29 is 13.5 Å². The van der Waals surface area contributed by atoms with E-state index >= 15 is 0 Å². The van der Waals surface area contributed by atoms with Gasteiger partial charge >= 0.3 is 0 Å². The zero-order chi connectivity index (χ0) is 14.8. The maximum atomic E-state index is 11.0. The smallest absolute Gasteiger partial charge is 0.209 e. The van der Waals surface area contributed by atoms with Crippen LogP contribution in [0.3, 0.4) is 0 Å². The minimum atomic E-state index is -3.16. The van der Waals surface area contributed by atoms with Crippen LogP contribution in [0, 0.1) is 0 Å². The number of nitrogens with one attached hydrogen (secondary N) is 2. The molecule has 0 amide bonds. The number of rotatable bonds is 9. The second-order valence-electron chi connectivity index (χ2n) is 4.43. The Bertz CT molecular complexity index is 512. The Morgan fingerprint density at radius 3 is 2.55 bits per heavy atom. The number of hydrogen-bond donors (Lipinski definition) is 3. The van der Waals surface area contributed by atoms with Gasteiger partial charge in [-0.1, -0.05) is 12.1 Å². The van der Waals surface area contributed by atoms with Crippen LogP contribution in [0.1, 0.15) is 24.8 Å². The molecule has 0 atom stereocenters. The summed E-state index contributed by atoms with van der Waals surface area (Å²) in [6.45, 7) is 0.494. The monoisotopic (exact) mass is 299 g/mol. The summed E-state index contributed by atoms with van der Waals surface area (Å²) >= 11 is 0. The highest BCUT2D eigenvalue weighted by Crippen LogP contribution is 2.09. The Labute approximate surface area is 120 Å². The average molecular weight is 299 g/mol. The fraction of sp³-hybridized carbons (Fsp3) is 0.462. The van der Waals surface area contributed by atoms with Crippen LogP contribution < -0.4 is 10.1 Å². The van der Waals surface area contributed by atoms with Gasteiger partial charge in [-0.2, -0.15) is 5.10 Å². The highest BCUT2D eigenvalue weighted by atomic mass is 32.2. The molecule has 112 valence electrons. The fourth-order valence-corrected chi connectivity index (χ4v) is 1.87. The van der Waals surface area contributed by atoms with E-state index < -0.39 is 10.0 Å². The molecule has 0 saturated carbocycles. The van der Waals surface area contributed by atoms with Crippen molar-refractivity contribution >= 4 is 21.9 Å². The van der Waals surface area contributed by atoms with E-state index in [1.807, 2.05) is 24.3 Å². The molecule has 0 fully saturated rings. The third-order valence-corrected chi connectivity index (χ3v) is 3.19. The molecule has 0 bridgehead atoms. The summed E-state index contributed by atoms with van der Waals surface area (Å²) in [6, 6.07) is 7.35. The zero-order valence-electron chi connectivity index (χ0n) is 11.5. The number of aliphatic hydroxyl groups excluding tert-OH is 1. The second-order valence-corrected chi connectivity index (χ2v) is 6.27. The molecular weight excluding hydrogens is 278 g/mol. The van der Waals surface area contributed by atoms with Crippen molar-refractivity contribution in [1.29, 1.82) is 0 Å². The van der Waals surface area contributed by atoms with Crippen molar-refractivity contribution in [2.24, 2.45) is 5.10 Å². The van der Waals surface area contributed by atoms with Gasteiger partial charge in [-0.3, -0.25) is 5.43 Å². The lowest BCUT2D eigenvalue weighted by atomic mass is 10.2. The molecule has 0 unspecified atom stereocenters. The first kappa shape index (κ1) is 16.6. The first-order chi connectivity index (χ1) is 9.51. The minimum absolute atomic E-state index is 0.213. The highest BCUT2D eigenvalue weighted by Gasteiger charge is 2.00. The van der Waals surface area contributed by atoms with Crippen LogP contribution in [0.25, 0.3) is 0 Å². The van der Waals surface area contributed by atoms with E-state index in [2.05, 4.69) is 15.2 Å². The van der Waals surface area contributed by atoms with Gasteiger partial charge in [0.1, 0.15) is 0 Å². The van der Waals surface area contributed by atoms with E-state index in [-0.39, 0.29) is 13.2 Å². The lowest BCUT2D eigenvalue weighted by molar-refractivity contribution is 0.286. The predicted molar refractivity (Wildman–Crippen MR) is 81.2 cm³/mol. The summed E-state index contributed by atoms with van der Waals surface area (Å²) in [5.74, 6) is 0. The summed E-state index contributed by atoms with van der Waals surface area (Å²) in [6.07, 6.45) is 5.43. The normalized spacial score (nSPS) is 11.9. The van der Waals surface area contributed by atoms with Crippen LogP contribution in [0.15, 0.2) is 29.4 Å². The van der Waals surface area contributed by atoms with E-state index in [0.717, 1.165) is 36.8 Å². The van der Waals surface area contributed by atoms with Gasteiger partial charge in [0.2, 0.25) is 10.0 Å². The van der Waals surface area contributed by atoms with E-state index in [0.29, 0.717) is 0 Å². The van der Waals surface area contributed by atoms with Gasteiger partial charge in [-0.15, -0.1) is 0 Å². The maximum absolute atomic E-state index is 11.0. The van der Waals surface area contributed by atoms with Crippen LogP contribution in [0.2, 0.25) is 0 Å². The van der Waals surface area contributed by atoms with Crippen molar-refractivity contribution in [3.63, 3.8) is 0 Å². The molecule has 1 aromatic carbocycles. The van der Waals surface area contributed by atoms with Crippen LogP contribution in [-0.4, -0.2) is 32.6 Å². The molecule has 0 saturated heterocycles. The zero-order valence-corrected chi connectivity index (χ0v) is 12.4. The number of benzene rings is 1. The van der Waals surface area contributed by atoms with Gasteiger partial charge in [0, 0.05) is 19.4 Å². The molecule has 0 aliphatic rings. The Morgan fingerprint density at radius 2 is 1.95 bits per heavy atom. The first-order valence-corrected chi connectivity index (χ1v) is 8.32. The highest BCUT2D eigenvalue weighted by molar-refractivity contribution is 7.88. The van der Waals surface area contributed by atoms with Crippen LogP contribution in [-0.2, 0) is 16.6 Å². The van der Waals surface area contributed by atoms with Crippen LogP contribution >= 0.6 is 0 Å². The Kier molecular flexibility index (Phi) is 7.21. The number of aliphatic hydroxyl groups is 1. The molecule has 1 rings (SSSR count). The molecule has 0 aliphatic carbocycles. The predicted octanol–water partition coefficient (Wildman–Crippen LogP) is 1.30. The largest absolute Gasteiger partial charge is 0.396 e. The minimum Gasteiger partial charge on any atom is -0.396 e. The molecule has 0 aliphatic heterocycles. The number of anilines is 1. The number of hydrazone groups is 1. The third kappa shape index (κ3) is 7.88. The molecule has 0 radical (unpaired) electrons. The topological polar surface area (TPSA) is 90.8 Å². The molecular formula is C13H21N3O3S. The third-order valence-electron chi connectivity index (χ3n) is 2.52. The van der Waals surface area contributed by atoms with Crippen LogP contribution in [0.4, 0.5) is 5.69 Å². The van der Waals surface area contributed by atoms with E-state index in [9.17, 15) is 8.42 Å². The van der Waals surface area contributed by atoms with Crippen molar-refractivity contribution in [2.45, 2.75) is 25.8 Å². The number of sulfonamides is 1. The number of unbranched alkanes of at least 4 members (excludes halogenated alkanes) is 2. The SMILES string of the molecule is CS(=O)(=O)NCc1ccc(N/N=C\CCCCO)cc1. The van der Waals surface area contributed by atoms with Crippen molar-refractivity contribution in [2.75, 3.05) is 18.3 Å². The van der Waals surface area contributed by atoms with Crippen molar-refractivity contribution in [1.82, 2.24) is 4.72 Å². The Morgan fingerprint density at radius 1 is 1.25 bits per heavy atom. The molecule has 0 spiro atoms. The summed E-state index contributed by atoms with van der Waals surface area (Å²) in [4.78, 5) is 0. The lowest BCUT2D eigenvalue weighted by Gasteiger charge is -2.04. The van der Waals surface area contributed by atoms with Gasteiger partial charge in [-0.05, 0) is 37.0 Å². The van der Waals surface area contributed by atoms with E-state index in [1.165, 1.54) is 0 Å². The Balaban J connectivity index is 2.35. The Hall–Kier alpha value is -1.44. The quantitative estimate of drug-likeness (QED) is 0.364. The van der Waals surface area contributed by atoms with Gasteiger partial charge in [0.15, 0.2) is 0 Å². The van der Waals surface area contributed by atoms with Gasteiger partial charge in [-0.25, -0.2) is 13.1 Å². The summed E-state index contributed by atoms with van der Waals surface area (Å²) in [7, 11) is -3.16. The average Bonchev–Trinajstić information content (AvgIpc) is 2.41. The number of nitrogens with zero attached hydrogens (tertiary/aromatic N) is 1. The summed E-state index contributed by atoms with van der Waals surface area (Å²) in [5.41, 5.74) is 4.61.